The molecule has 122 valence electrons. The Morgan fingerprint density at radius 3 is 2.64 bits per heavy atom. The molecular formula is C16H26ClN5. The van der Waals surface area contributed by atoms with Gasteiger partial charge >= 0.3 is 0 Å². The van der Waals surface area contributed by atoms with Gasteiger partial charge in [-0.15, -0.1) is 12.4 Å². The summed E-state index contributed by atoms with van der Waals surface area (Å²) in [6, 6.07) is 0.543. The molecule has 0 saturated heterocycles. The normalized spacial score (nSPS) is 15.5. The van der Waals surface area contributed by atoms with Gasteiger partial charge in [-0.05, 0) is 19.3 Å². The second kappa shape index (κ2) is 7.27. The van der Waals surface area contributed by atoms with Gasteiger partial charge in [0.1, 0.15) is 5.82 Å². The Bertz CT molecular complexity index is 574. The van der Waals surface area contributed by atoms with Crippen molar-refractivity contribution in [1.82, 2.24) is 19.5 Å². The van der Waals surface area contributed by atoms with Crippen LogP contribution in [-0.2, 0) is 6.54 Å². The van der Waals surface area contributed by atoms with E-state index in [-0.39, 0.29) is 12.4 Å². The first-order chi connectivity index (χ1) is 10.2. The maximum absolute atomic E-state index is 4.74. The van der Waals surface area contributed by atoms with Gasteiger partial charge in [0.05, 0.1) is 6.33 Å². The van der Waals surface area contributed by atoms with Crippen molar-refractivity contribution in [2.24, 2.45) is 0 Å². The minimum Gasteiger partial charge on any atom is -0.365 e. The lowest BCUT2D eigenvalue weighted by Crippen LogP contribution is -2.18. The van der Waals surface area contributed by atoms with Gasteiger partial charge in [-0.1, -0.05) is 33.6 Å². The molecule has 5 nitrogen and oxygen atoms in total. The van der Waals surface area contributed by atoms with Crippen molar-refractivity contribution in [2.75, 3.05) is 5.32 Å². The van der Waals surface area contributed by atoms with Crippen LogP contribution in [0.3, 0.4) is 0 Å². The molecule has 1 fully saturated rings. The lowest BCUT2D eigenvalue weighted by atomic mass is 10.2. The lowest BCUT2D eigenvalue weighted by molar-refractivity contribution is 0.655. The van der Waals surface area contributed by atoms with Gasteiger partial charge < -0.3 is 9.88 Å². The Kier molecular flexibility index (Phi) is 5.62. The fourth-order valence-corrected chi connectivity index (χ4v) is 2.99. The molecule has 2 aliphatic heterocycles. The monoisotopic (exact) mass is 323 g/mol. The van der Waals surface area contributed by atoms with Gasteiger partial charge in [0, 0.05) is 18.5 Å². The van der Waals surface area contributed by atoms with Gasteiger partial charge in [0.2, 0.25) is 0 Å². The van der Waals surface area contributed by atoms with E-state index in [0.29, 0.717) is 12.0 Å². The van der Waals surface area contributed by atoms with Crippen LogP contribution in [0.1, 0.15) is 64.6 Å². The highest BCUT2D eigenvalue weighted by Gasteiger charge is 2.23. The summed E-state index contributed by atoms with van der Waals surface area (Å²) in [5.74, 6) is 3.13. The summed E-state index contributed by atoms with van der Waals surface area (Å²) in [6.45, 7) is 7.37. The molecule has 6 heteroatoms. The molecule has 1 saturated carbocycles. The van der Waals surface area contributed by atoms with Crippen LogP contribution in [0.25, 0.3) is 11.5 Å². The number of fused-ring (bicyclic) bond motifs is 1. The maximum atomic E-state index is 4.74. The summed E-state index contributed by atoms with van der Waals surface area (Å²) >= 11 is 0. The number of nitrogens with zero attached hydrogens (tertiary/aromatic N) is 4. The average molecular weight is 324 g/mol. The molecule has 0 bridgehead atoms. The molecule has 0 aromatic carbocycles. The second-order valence-corrected chi connectivity index (χ2v) is 6.32. The number of hydrogen-bond donors (Lipinski definition) is 1. The smallest absolute Gasteiger partial charge is 0.165 e. The predicted molar refractivity (Wildman–Crippen MR) is 91.9 cm³/mol. The number of aromatic nitrogens is 4. The highest BCUT2D eigenvalue weighted by atomic mass is 35.5. The molecular weight excluding hydrogens is 298 g/mol. The zero-order chi connectivity index (χ0) is 14.8. The summed E-state index contributed by atoms with van der Waals surface area (Å²) in [5.41, 5.74) is 0.932. The predicted octanol–water partition coefficient (Wildman–Crippen LogP) is 4.09. The highest BCUT2D eigenvalue weighted by molar-refractivity contribution is 5.85. The fraction of sp³-hybridized carbons (Fsp3) is 0.688. The second-order valence-electron chi connectivity index (χ2n) is 6.32. The van der Waals surface area contributed by atoms with E-state index in [2.05, 4.69) is 35.6 Å². The third kappa shape index (κ3) is 3.35. The molecule has 1 aliphatic carbocycles. The molecule has 0 radical (unpaired) electrons. The van der Waals surface area contributed by atoms with E-state index in [1.54, 1.807) is 0 Å². The van der Waals surface area contributed by atoms with Crippen LogP contribution in [-0.4, -0.2) is 25.6 Å². The van der Waals surface area contributed by atoms with Crippen molar-refractivity contribution in [3.05, 3.63) is 12.2 Å². The number of rotatable bonds is 5. The van der Waals surface area contributed by atoms with E-state index in [1.807, 2.05) is 6.33 Å². The molecule has 22 heavy (non-hydrogen) atoms. The van der Waals surface area contributed by atoms with Crippen LogP contribution in [0.15, 0.2) is 6.33 Å². The first-order valence-electron chi connectivity index (χ1n) is 8.18. The molecule has 0 aromatic heterocycles. The summed E-state index contributed by atoms with van der Waals surface area (Å²) in [4.78, 5) is 14.1. The first kappa shape index (κ1) is 17.0. The molecule has 1 N–H and O–H groups in total. The average Bonchev–Trinajstić information content (AvgIpc) is 3.10. The van der Waals surface area contributed by atoms with E-state index >= 15 is 0 Å². The fourth-order valence-electron chi connectivity index (χ4n) is 2.99. The molecule has 2 heterocycles. The zero-order valence-electron chi connectivity index (χ0n) is 13.7. The van der Waals surface area contributed by atoms with Crippen molar-refractivity contribution in [2.45, 2.75) is 71.4 Å². The minimum absolute atomic E-state index is 0. The number of imidazole rings is 1. The lowest BCUT2D eigenvalue weighted by Gasteiger charge is -2.16. The van der Waals surface area contributed by atoms with Gasteiger partial charge in [-0.2, -0.15) is 0 Å². The van der Waals surface area contributed by atoms with Gasteiger partial charge in [0.25, 0.3) is 0 Å². The quantitative estimate of drug-likeness (QED) is 0.900. The molecule has 3 rings (SSSR count). The Morgan fingerprint density at radius 1 is 1.27 bits per heavy atom. The van der Waals surface area contributed by atoms with E-state index in [1.165, 1.54) is 25.7 Å². The summed E-state index contributed by atoms with van der Waals surface area (Å²) in [5, 5.41) is 3.58. The molecule has 0 atom stereocenters. The van der Waals surface area contributed by atoms with Crippen LogP contribution in [0.4, 0.5) is 5.82 Å². The number of anilines is 1. The van der Waals surface area contributed by atoms with Gasteiger partial charge in [0.15, 0.2) is 17.3 Å². The van der Waals surface area contributed by atoms with Crippen molar-refractivity contribution < 1.29 is 0 Å². The van der Waals surface area contributed by atoms with Crippen LogP contribution in [0.5, 0.6) is 0 Å². The van der Waals surface area contributed by atoms with Gasteiger partial charge in [-0.3, -0.25) is 0 Å². The first-order valence-corrected chi connectivity index (χ1v) is 8.18. The number of nitrogens with one attached hydrogen (secondary N) is 1. The van der Waals surface area contributed by atoms with Gasteiger partial charge in [-0.25, -0.2) is 15.0 Å². The van der Waals surface area contributed by atoms with Crippen LogP contribution in [0, 0.1) is 0 Å². The molecule has 3 aliphatic rings. The van der Waals surface area contributed by atoms with E-state index in [4.69, 9.17) is 9.97 Å². The molecule has 0 unspecified atom stereocenters. The van der Waals surface area contributed by atoms with E-state index in [0.717, 1.165) is 36.1 Å². The summed E-state index contributed by atoms with van der Waals surface area (Å²) in [7, 11) is 0. The largest absolute Gasteiger partial charge is 0.365 e. The Morgan fingerprint density at radius 2 is 2.00 bits per heavy atom. The molecule has 0 aromatic rings. The SMILES string of the molecule is CCCn1cnc(NC2CCCC2)c2nc(C(C)C)nc1-2.Cl. The molecule has 0 spiro atoms. The molecule has 0 amide bonds. The highest BCUT2D eigenvalue weighted by Crippen LogP contribution is 2.30. The van der Waals surface area contributed by atoms with Crippen molar-refractivity contribution in [1.29, 1.82) is 0 Å². The third-order valence-corrected chi connectivity index (χ3v) is 4.16. The van der Waals surface area contributed by atoms with Crippen molar-refractivity contribution in [3.63, 3.8) is 0 Å². The van der Waals surface area contributed by atoms with Crippen molar-refractivity contribution in [3.8, 4) is 11.5 Å². The van der Waals surface area contributed by atoms with E-state index in [9.17, 15) is 0 Å². The topological polar surface area (TPSA) is 55.6 Å². The van der Waals surface area contributed by atoms with Crippen molar-refractivity contribution >= 4 is 18.2 Å². The minimum atomic E-state index is 0. The maximum Gasteiger partial charge on any atom is 0.165 e. The van der Waals surface area contributed by atoms with E-state index < -0.39 is 0 Å². The Balaban J connectivity index is 0.00000176. The van der Waals surface area contributed by atoms with Crippen LogP contribution in [0.2, 0.25) is 0 Å². The standard InChI is InChI=1S/C16H25N5.ClH/c1-4-9-21-10-17-15(18-12-7-5-6-8-12)13-16(21)20-14(19-13)11(2)3;/h10-12,18H,4-9H2,1-3H3;1H. The Labute approximate surface area is 138 Å². The number of halogens is 1. The number of aryl methyl sites for hydroxylation is 1. The summed E-state index contributed by atoms with van der Waals surface area (Å²) < 4.78 is 2.12. The van der Waals surface area contributed by atoms with Crippen LogP contribution < -0.4 is 5.32 Å². The number of hydrogen-bond acceptors (Lipinski definition) is 4. The zero-order valence-corrected chi connectivity index (χ0v) is 14.5. The van der Waals surface area contributed by atoms with Crippen LogP contribution >= 0.6 is 12.4 Å². The summed E-state index contributed by atoms with van der Waals surface area (Å²) in [6.07, 6.45) is 8.07. The Hall–Kier alpha value is -1.36. The third-order valence-electron chi connectivity index (χ3n) is 4.16.